The first-order valence-corrected chi connectivity index (χ1v) is 6.71. The fourth-order valence-electron chi connectivity index (χ4n) is 2.36. The predicted molar refractivity (Wildman–Crippen MR) is 73.0 cm³/mol. The maximum Gasteiger partial charge on any atom is 0.257 e. The third-order valence-electron chi connectivity index (χ3n) is 3.51. The smallest absolute Gasteiger partial charge is 0.257 e. The van der Waals surface area contributed by atoms with Gasteiger partial charge in [0.15, 0.2) is 17.5 Å². The molecule has 0 saturated carbocycles. The van der Waals surface area contributed by atoms with E-state index < -0.39 is 28.9 Å². The van der Waals surface area contributed by atoms with Gasteiger partial charge in [-0.3, -0.25) is 4.79 Å². The molecule has 1 heterocycles. The molecule has 0 N–H and O–H groups in total. The molecule has 0 radical (unpaired) electrons. The normalized spacial score (nSPS) is 14.0. The van der Waals surface area contributed by atoms with Gasteiger partial charge in [-0.15, -0.1) is 0 Å². The molecule has 0 spiro atoms. The van der Waals surface area contributed by atoms with Crippen molar-refractivity contribution in [1.82, 2.24) is 4.90 Å². The Balaban J connectivity index is 1.91. The van der Waals surface area contributed by atoms with Gasteiger partial charge in [0.1, 0.15) is 12.4 Å². The minimum absolute atomic E-state index is 0.216. The van der Waals surface area contributed by atoms with Crippen molar-refractivity contribution in [3.63, 3.8) is 0 Å². The number of hydrogen-bond donors (Lipinski definition) is 0. The van der Waals surface area contributed by atoms with E-state index in [-0.39, 0.29) is 19.7 Å². The molecule has 0 unspecified atom stereocenters. The average Bonchev–Trinajstić information content (AvgIpc) is 2.74. The molecule has 0 fully saturated rings. The molecule has 22 heavy (non-hydrogen) atoms. The van der Waals surface area contributed by atoms with Crippen molar-refractivity contribution in [2.75, 3.05) is 13.2 Å². The highest BCUT2D eigenvalue weighted by molar-refractivity contribution is 5.94. The van der Waals surface area contributed by atoms with Crippen LogP contribution >= 0.6 is 0 Å². The van der Waals surface area contributed by atoms with E-state index in [9.17, 15) is 18.0 Å². The lowest BCUT2D eigenvalue weighted by atomic mass is 10.1. The molecule has 0 aromatic heterocycles. The van der Waals surface area contributed by atoms with Crippen molar-refractivity contribution in [2.24, 2.45) is 0 Å². The molecule has 0 atom stereocenters. The molecule has 0 saturated heterocycles. The van der Waals surface area contributed by atoms with E-state index in [0.717, 1.165) is 17.7 Å². The zero-order chi connectivity index (χ0) is 15.7. The van der Waals surface area contributed by atoms with E-state index in [4.69, 9.17) is 4.74 Å². The van der Waals surface area contributed by atoms with Gasteiger partial charge in [-0.25, -0.2) is 13.2 Å². The van der Waals surface area contributed by atoms with Gasteiger partial charge in [-0.1, -0.05) is 18.2 Å². The third kappa shape index (κ3) is 2.52. The van der Waals surface area contributed by atoms with E-state index in [1.807, 2.05) is 6.07 Å². The van der Waals surface area contributed by atoms with Crippen molar-refractivity contribution in [3.05, 3.63) is 65.0 Å². The van der Waals surface area contributed by atoms with Crippen LogP contribution in [0.4, 0.5) is 13.2 Å². The number of carbonyl (C=O) groups is 1. The van der Waals surface area contributed by atoms with Crippen LogP contribution in [0, 0.1) is 17.5 Å². The first-order valence-electron chi connectivity index (χ1n) is 6.71. The van der Waals surface area contributed by atoms with Crippen LogP contribution in [0.1, 0.15) is 15.9 Å². The van der Waals surface area contributed by atoms with Gasteiger partial charge in [0.2, 0.25) is 0 Å². The minimum atomic E-state index is -1.64. The van der Waals surface area contributed by atoms with E-state index in [1.165, 1.54) is 4.90 Å². The fraction of sp³-hybridized carbons (Fsp3) is 0.188. The topological polar surface area (TPSA) is 29.5 Å². The van der Waals surface area contributed by atoms with Crippen LogP contribution in [0.15, 0.2) is 36.4 Å². The first kappa shape index (κ1) is 14.4. The average molecular weight is 307 g/mol. The maximum absolute atomic E-state index is 13.8. The highest BCUT2D eigenvalue weighted by atomic mass is 19.2. The summed E-state index contributed by atoms with van der Waals surface area (Å²) in [5.41, 5.74) is 0.287. The molecule has 3 rings (SSSR count). The Hall–Kier alpha value is -2.50. The van der Waals surface area contributed by atoms with Crippen LogP contribution in [0.2, 0.25) is 0 Å². The van der Waals surface area contributed by atoms with E-state index in [2.05, 4.69) is 0 Å². The first-order chi connectivity index (χ1) is 10.6. The van der Waals surface area contributed by atoms with Crippen molar-refractivity contribution < 1.29 is 22.7 Å². The summed E-state index contributed by atoms with van der Waals surface area (Å²) in [7, 11) is 0. The van der Waals surface area contributed by atoms with Gasteiger partial charge in [-0.2, -0.15) is 0 Å². The largest absolute Gasteiger partial charge is 0.491 e. The number of carbonyl (C=O) groups excluding carboxylic acids is 1. The molecule has 0 aliphatic carbocycles. The Kier molecular flexibility index (Phi) is 3.75. The van der Waals surface area contributed by atoms with Crippen LogP contribution < -0.4 is 4.74 Å². The quantitative estimate of drug-likeness (QED) is 0.758. The molecule has 114 valence electrons. The highest BCUT2D eigenvalue weighted by Gasteiger charge is 2.25. The Bertz CT molecular complexity index is 733. The van der Waals surface area contributed by atoms with Crippen molar-refractivity contribution in [1.29, 1.82) is 0 Å². The van der Waals surface area contributed by atoms with Gasteiger partial charge >= 0.3 is 0 Å². The zero-order valence-corrected chi connectivity index (χ0v) is 11.5. The van der Waals surface area contributed by atoms with Crippen molar-refractivity contribution >= 4 is 5.91 Å². The predicted octanol–water partition coefficient (Wildman–Crippen LogP) is 3.14. The van der Waals surface area contributed by atoms with Gasteiger partial charge in [0.25, 0.3) is 5.91 Å². The molecule has 2 aromatic rings. The number of halogens is 3. The summed E-state index contributed by atoms with van der Waals surface area (Å²) in [6, 6.07) is 8.88. The second kappa shape index (κ2) is 5.71. The summed E-state index contributed by atoms with van der Waals surface area (Å²) >= 11 is 0. The minimum Gasteiger partial charge on any atom is -0.491 e. The summed E-state index contributed by atoms with van der Waals surface area (Å²) in [4.78, 5) is 13.7. The van der Waals surface area contributed by atoms with Gasteiger partial charge in [0, 0.05) is 12.1 Å². The Morgan fingerprint density at radius 2 is 1.82 bits per heavy atom. The molecule has 3 nitrogen and oxygen atoms in total. The number of para-hydroxylation sites is 1. The summed E-state index contributed by atoms with van der Waals surface area (Å²) in [5, 5.41) is 0. The molecule has 1 aliphatic rings. The molecule has 6 heteroatoms. The number of benzene rings is 2. The number of rotatable bonds is 1. The van der Waals surface area contributed by atoms with Crippen LogP contribution in [0.5, 0.6) is 5.75 Å². The van der Waals surface area contributed by atoms with E-state index >= 15 is 0 Å². The van der Waals surface area contributed by atoms with Crippen molar-refractivity contribution in [3.8, 4) is 5.75 Å². The molecule has 2 aromatic carbocycles. The van der Waals surface area contributed by atoms with Crippen LogP contribution in [0.25, 0.3) is 0 Å². The monoisotopic (exact) mass is 307 g/mol. The van der Waals surface area contributed by atoms with Gasteiger partial charge < -0.3 is 9.64 Å². The molecular weight excluding hydrogens is 295 g/mol. The zero-order valence-electron chi connectivity index (χ0n) is 11.5. The lowest BCUT2D eigenvalue weighted by Gasteiger charge is -2.20. The van der Waals surface area contributed by atoms with Crippen LogP contribution in [-0.4, -0.2) is 24.0 Å². The second-order valence-corrected chi connectivity index (χ2v) is 4.91. The summed E-state index contributed by atoms with van der Waals surface area (Å²) in [6.45, 7) is 0.688. The van der Waals surface area contributed by atoms with E-state index in [0.29, 0.717) is 5.75 Å². The van der Waals surface area contributed by atoms with Crippen LogP contribution in [-0.2, 0) is 6.54 Å². The number of hydrogen-bond acceptors (Lipinski definition) is 2. The number of fused-ring (bicyclic) bond motifs is 1. The standard InChI is InChI=1S/C16H12F3NO2/c17-12-6-5-11(14(18)15(12)19)16(21)20-7-8-22-13-4-2-1-3-10(13)9-20/h1-6H,7-9H2. The Morgan fingerprint density at radius 1 is 1.05 bits per heavy atom. The summed E-state index contributed by atoms with van der Waals surface area (Å²) in [5.74, 6) is -4.47. The van der Waals surface area contributed by atoms with Crippen molar-refractivity contribution in [2.45, 2.75) is 6.54 Å². The Morgan fingerprint density at radius 3 is 2.64 bits per heavy atom. The van der Waals surface area contributed by atoms with Gasteiger partial charge in [0.05, 0.1) is 12.1 Å². The third-order valence-corrected chi connectivity index (χ3v) is 3.51. The maximum atomic E-state index is 13.8. The highest BCUT2D eigenvalue weighted by Crippen LogP contribution is 2.24. The molecule has 1 aliphatic heterocycles. The lowest BCUT2D eigenvalue weighted by Crippen LogP contribution is -2.33. The lowest BCUT2D eigenvalue weighted by molar-refractivity contribution is 0.0727. The number of ether oxygens (including phenoxy) is 1. The molecular formula is C16H12F3NO2. The van der Waals surface area contributed by atoms with E-state index in [1.54, 1.807) is 18.2 Å². The molecule has 1 amide bonds. The second-order valence-electron chi connectivity index (χ2n) is 4.91. The van der Waals surface area contributed by atoms with Gasteiger partial charge in [-0.05, 0) is 18.2 Å². The SMILES string of the molecule is O=C(c1ccc(F)c(F)c1F)N1CCOc2ccccc2C1. The Labute approximate surface area is 124 Å². The number of nitrogens with zero attached hydrogens (tertiary/aromatic N) is 1. The molecule has 0 bridgehead atoms. The summed E-state index contributed by atoms with van der Waals surface area (Å²) < 4.78 is 45.5. The van der Waals surface area contributed by atoms with Crippen LogP contribution in [0.3, 0.4) is 0 Å². The fourth-order valence-corrected chi connectivity index (χ4v) is 2.36. The summed E-state index contributed by atoms with van der Waals surface area (Å²) in [6.07, 6.45) is 0. The number of amides is 1.